The zero-order valence-corrected chi connectivity index (χ0v) is 14.9. The second-order valence-corrected chi connectivity index (χ2v) is 5.70. The molecule has 128 valence electrons. The molecule has 0 radical (unpaired) electrons. The molecule has 24 heavy (non-hydrogen) atoms. The molecule has 0 unspecified atom stereocenters. The molecule has 6 heteroatoms. The van der Waals surface area contributed by atoms with Gasteiger partial charge in [0.2, 0.25) is 0 Å². The zero-order valence-electron chi connectivity index (χ0n) is 14.1. The van der Waals surface area contributed by atoms with Crippen LogP contribution < -0.4 is 19.5 Å². The first-order valence-electron chi connectivity index (χ1n) is 7.36. The average Bonchev–Trinajstić information content (AvgIpc) is 2.54. The maximum atomic E-state index is 12.1. The van der Waals surface area contributed by atoms with Gasteiger partial charge in [0, 0.05) is 6.07 Å². The van der Waals surface area contributed by atoms with Crippen molar-refractivity contribution in [2.24, 2.45) is 0 Å². The lowest BCUT2D eigenvalue weighted by Gasteiger charge is -2.14. The summed E-state index contributed by atoms with van der Waals surface area (Å²) in [6.45, 7) is 3.68. The minimum absolute atomic E-state index is 0.154. The molecule has 0 saturated carbocycles. The molecule has 0 aliphatic rings. The highest BCUT2D eigenvalue weighted by Gasteiger charge is 2.12. The fourth-order valence-corrected chi connectivity index (χ4v) is 2.69. The van der Waals surface area contributed by atoms with Crippen LogP contribution in [0.1, 0.15) is 11.1 Å². The largest absolute Gasteiger partial charge is 0.497 e. The Morgan fingerprint density at radius 2 is 1.88 bits per heavy atom. The van der Waals surface area contributed by atoms with E-state index in [0.29, 0.717) is 28.0 Å². The van der Waals surface area contributed by atoms with Gasteiger partial charge in [0.05, 0.1) is 24.9 Å². The van der Waals surface area contributed by atoms with Crippen LogP contribution in [0.4, 0.5) is 5.69 Å². The Hall–Kier alpha value is -2.40. The van der Waals surface area contributed by atoms with Gasteiger partial charge in [-0.05, 0) is 43.2 Å². The number of carbonyl (C=O) groups excluding carboxylic acids is 1. The topological polar surface area (TPSA) is 56.8 Å². The summed E-state index contributed by atoms with van der Waals surface area (Å²) < 4.78 is 15.9. The Balaban J connectivity index is 2.04. The van der Waals surface area contributed by atoms with Crippen molar-refractivity contribution in [3.05, 3.63) is 46.5 Å². The summed E-state index contributed by atoms with van der Waals surface area (Å²) in [5.41, 5.74) is 2.46. The highest BCUT2D eigenvalue weighted by Crippen LogP contribution is 2.31. The quantitative estimate of drug-likeness (QED) is 0.856. The van der Waals surface area contributed by atoms with Gasteiger partial charge in [-0.15, -0.1) is 0 Å². The van der Waals surface area contributed by atoms with Crippen LogP contribution in [0.15, 0.2) is 30.3 Å². The number of hydrogen-bond acceptors (Lipinski definition) is 4. The molecule has 0 aromatic heterocycles. The highest BCUT2D eigenvalue weighted by atomic mass is 35.5. The van der Waals surface area contributed by atoms with E-state index in [0.717, 1.165) is 11.1 Å². The maximum Gasteiger partial charge on any atom is 0.262 e. The van der Waals surface area contributed by atoms with Crippen LogP contribution in [0.2, 0.25) is 5.02 Å². The lowest BCUT2D eigenvalue weighted by atomic mass is 10.1. The summed E-state index contributed by atoms with van der Waals surface area (Å²) in [5.74, 6) is 1.35. The third-order valence-corrected chi connectivity index (χ3v) is 3.68. The van der Waals surface area contributed by atoms with Crippen molar-refractivity contribution in [2.75, 3.05) is 26.1 Å². The first-order valence-corrected chi connectivity index (χ1v) is 7.73. The molecule has 0 heterocycles. The SMILES string of the molecule is COc1ccc(NC(=O)COc2c(C)cc(C)cc2Cl)c(OC)c1. The molecule has 2 aromatic rings. The third-order valence-electron chi connectivity index (χ3n) is 3.40. The van der Waals surface area contributed by atoms with E-state index in [2.05, 4.69) is 5.32 Å². The van der Waals surface area contributed by atoms with E-state index in [1.54, 1.807) is 31.4 Å². The Bertz CT molecular complexity index is 723. The number of aryl methyl sites for hydroxylation is 2. The monoisotopic (exact) mass is 349 g/mol. The fraction of sp³-hybridized carbons (Fsp3) is 0.278. The number of hydrogen-bond donors (Lipinski definition) is 1. The standard InChI is InChI=1S/C18H20ClNO4/c1-11-7-12(2)18(14(19)8-11)24-10-17(21)20-15-6-5-13(22-3)9-16(15)23-4/h5-9H,10H2,1-4H3,(H,20,21). The number of amides is 1. The molecular weight excluding hydrogens is 330 g/mol. The highest BCUT2D eigenvalue weighted by molar-refractivity contribution is 6.32. The summed E-state index contributed by atoms with van der Waals surface area (Å²) >= 11 is 6.17. The predicted molar refractivity (Wildman–Crippen MR) is 94.6 cm³/mol. The van der Waals surface area contributed by atoms with E-state index in [9.17, 15) is 4.79 Å². The molecule has 5 nitrogen and oxygen atoms in total. The second-order valence-electron chi connectivity index (χ2n) is 5.30. The minimum atomic E-state index is -0.311. The molecular formula is C18H20ClNO4. The van der Waals surface area contributed by atoms with Crippen LogP contribution in [0.25, 0.3) is 0 Å². The molecule has 0 aliphatic carbocycles. The zero-order chi connectivity index (χ0) is 17.7. The molecule has 1 amide bonds. The van der Waals surface area contributed by atoms with Crippen LogP contribution in [-0.2, 0) is 4.79 Å². The van der Waals surface area contributed by atoms with Crippen molar-refractivity contribution in [1.29, 1.82) is 0 Å². The van der Waals surface area contributed by atoms with Gasteiger partial charge in [0.1, 0.15) is 17.2 Å². The van der Waals surface area contributed by atoms with E-state index in [4.69, 9.17) is 25.8 Å². The lowest BCUT2D eigenvalue weighted by molar-refractivity contribution is -0.118. The second kappa shape index (κ2) is 7.93. The number of carbonyl (C=O) groups is 1. The third kappa shape index (κ3) is 4.32. The summed E-state index contributed by atoms with van der Waals surface area (Å²) in [6, 6.07) is 8.89. The van der Waals surface area contributed by atoms with Crippen molar-refractivity contribution in [3.8, 4) is 17.2 Å². The van der Waals surface area contributed by atoms with Gasteiger partial charge >= 0.3 is 0 Å². The first-order chi connectivity index (χ1) is 11.4. The van der Waals surface area contributed by atoms with Crippen molar-refractivity contribution < 1.29 is 19.0 Å². The van der Waals surface area contributed by atoms with E-state index in [1.165, 1.54) is 7.11 Å². The Morgan fingerprint density at radius 1 is 1.12 bits per heavy atom. The molecule has 0 fully saturated rings. The lowest BCUT2D eigenvalue weighted by Crippen LogP contribution is -2.21. The number of anilines is 1. The summed E-state index contributed by atoms with van der Waals surface area (Å²) in [6.07, 6.45) is 0. The first kappa shape index (κ1) is 17.9. The van der Waals surface area contributed by atoms with Crippen LogP contribution in [0.3, 0.4) is 0 Å². The van der Waals surface area contributed by atoms with Crippen molar-refractivity contribution in [3.63, 3.8) is 0 Å². The van der Waals surface area contributed by atoms with Gasteiger partial charge < -0.3 is 19.5 Å². The van der Waals surface area contributed by atoms with Gasteiger partial charge in [-0.25, -0.2) is 0 Å². The Labute approximate surface area is 146 Å². The molecule has 2 rings (SSSR count). The van der Waals surface area contributed by atoms with Gasteiger partial charge in [-0.3, -0.25) is 4.79 Å². The Morgan fingerprint density at radius 3 is 2.50 bits per heavy atom. The maximum absolute atomic E-state index is 12.1. The van der Waals surface area contributed by atoms with Gasteiger partial charge in [0.15, 0.2) is 6.61 Å². The van der Waals surface area contributed by atoms with E-state index < -0.39 is 0 Å². The van der Waals surface area contributed by atoms with Gasteiger partial charge in [0.25, 0.3) is 5.91 Å². The van der Waals surface area contributed by atoms with Crippen molar-refractivity contribution >= 4 is 23.2 Å². The minimum Gasteiger partial charge on any atom is -0.497 e. The summed E-state index contributed by atoms with van der Waals surface area (Å²) in [7, 11) is 3.09. The number of nitrogens with one attached hydrogen (secondary N) is 1. The molecule has 0 spiro atoms. The van der Waals surface area contributed by atoms with E-state index >= 15 is 0 Å². The van der Waals surface area contributed by atoms with Crippen LogP contribution in [0, 0.1) is 13.8 Å². The normalized spacial score (nSPS) is 10.2. The van der Waals surface area contributed by atoms with E-state index in [1.807, 2.05) is 19.9 Å². The van der Waals surface area contributed by atoms with Gasteiger partial charge in [-0.1, -0.05) is 17.7 Å². The number of halogens is 1. The number of rotatable bonds is 6. The number of methoxy groups -OCH3 is 2. The smallest absolute Gasteiger partial charge is 0.262 e. The van der Waals surface area contributed by atoms with Gasteiger partial charge in [-0.2, -0.15) is 0 Å². The predicted octanol–water partition coefficient (Wildman–Crippen LogP) is 3.99. The summed E-state index contributed by atoms with van der Waals surface area (Å²) in [5, 5.41) is 3.23. The van der Waals surface area contributed by atoms with Crippen molar-refractivity contribution in [2.45, 2.75) is 13.8 Å². The molecule has 2 aromatic carbocycles. The average molecular weight is 350 g/mol. The van der Waals surface area contributed by atoms with Crippen molar-refractivity contribution in [1.82, 2.24) is 0 Å². The van der Waals surface area contributed by atoms with E-state index in [-0.39, 0.29) is 12.5 Å². The molecule has 0 aliphatic heterocycles. The fourth-order valence-electron chi connectivity index (χ4n) is 2.31. The number of benzene rings is 2. The molecule has 0 bridgehead atoms. The Kier molecular flexibility index (Phi) is 5.93. The molecule has 0 atom stereocenters. The summed E-state index contributed by atoms with van der Waals surface area (Å²) in [4.78, 5) is 12.1. The van der Waals surface area contributed by atoms with Crippen LogP contribution >= 0.6 is 11.6 Å². The molecule has 1 N–H and O–H groups in total. The van der Waals surface area contributed by atoms with Crippen LogP contribution in [-0.4, -0.2) is 26.7 Å². The number of ether oxygens (including phenoxy) is 3. The van der Waals surface area contributed by atoms with Crippen LogP contribution in [0.5, 0.6) is 17.2 Å². The molecule has 0 saturated heterocycles.